The van der Waals surface area contributed by atoms with Gasteiger partial charge in [0.1, 0.15) is 5.82 Å². The number of hydrogen-bond donors (Lipinski definition) is 2. The summed E-state index contributed by atoms with van der Waals surface area (Å²) in [5.74, 6) is -0.684. The number of halogens is 1. The Morgan fingerprint density at radius 3 is 2.28 bits per heavy atom. The van der Waals surface area contributed by atoms with E-state index in [9.17, 15) is 12.8 Å². The van der Waals surface area contributed by atoms with Gasteiger partial charge in [-0.2, -0.15) is 0 Å². The number of hydrogen-bond acceptors (Lipinski definition) is 5. The minimum Gasteiger partial charge on any atom is -0.400 e. The minimum atomic E-state index is -3.95. The van der Waals surface area contributed by atoms with E-state index in [1.165, 1.54) is 12.1 Å². The van der Waals surface area contributed by atoms with Crippen LogP contribution in [0.3, 0.4) is 0 Å². The number of likely N-dealkylation sites (N-methyl/N-ethyl adjacent to an activating group) is 1. The first-order chi connectivity index (χ1) is 11.4. The van der Waals surface area contributed by atoms with Crippen LogP contribution in [-0.2, 0) is 19.3 Å². The Balaban J connectivity index is 2.39. The maximum absolute atomic E-state index is 14.3. The van der Waals surface area contributed by atoms with E-state index in [-0.39, 0.29) is 10.5 Å². The van der Waals surface area contributed by atoms with Gasteiger partial charge in [-0.3, -0.25) is 0 Å². The SMILES string of the molecule is CNCC(=Cc1ccc(S(N)(=O)=O)cc1F)B1OC(C)(C)C(C)(C)O1. The fraction of sp³-hybridized carbons (Fsp3) is 0.500. The van der Waals surface area contributed by atoms with Crippen LogP contribution in [0, 0.1) is 5.82 Å². The fourth-order valence-corrected chi connectivity index (χ4v) is 2.93. The molecule has 1 heterocycles. The molecular formula is C16H24BFN2O4S. The Bertz CT molecular complexity index is 777. The summed E-state index contributed by atoms with van der Waals surface area (Å²) >= 11 is 0. The molecule has 0 radical (unpaired) electrons. The quantitative estimate of drug-likeness (QED) is 0.770. The summed E-state index contributed by atoms with van der Waals surface area (Å²) in [6.07, 6.45) is 1.60. The number of rotatable bonds is 5. The summed E-state index contributed by atoms with van der Waals surface area (Å²) in [6, 6.07) is 3.55. The summed E-state index contributed by atoms with van der Waals surface area (Å²) in [4.78, 5) is -0.270. The van der Waals surface area contributed by atoms with Crippen LogP contribution < -0.4 is 10.5 Å². The molecule has 1 aromatic carbocycles. The molecule has 0 atom stereocenters. The van der Waals surface area contributed by atoms with Crippen molar-refractivity contribution in [2.24, 2.45) is 5.14 Å². The molecule has 0 aliphatic carbocycles. The molecule has 6 nitrogen and oxygen atoms in total. The van der Waals surface area contributed by atoms with E-state index in [1.54, 1.807) is 13.1 Å². The molecule has 3 N–H and O–H groups in total. The van der Waals surface area contributed by atoms with Crippen molar-refractivity contribution in [3.05, 3.63) is 35.1 Å². The topological polar surface area (TPSA) is 90.7 Å². The van der Waals surface area contributed by atoms with Gasteiger partial charge in [-0.25, -0.2) is 17.9 Å². The average Bonchev–Trinajstić information content (AvgIpc) is 2.67. The van der Waals surface area contributed by atoms with Crippen LogP contribution in [0.2, 0.25) is 0 Å². The van der Waals surface area contributed by atoms with Crippen LogP contribution in [0.4, 0.5) is 4.39 Å². The van der Waals surface area contributed by atoms with Gasteiger partial charge in [0.15, 0.2) is 0 Å². The highest BCUT2D eigenvalue weighted by atomic mass is 32.2. The van der Waals surface area contributed by atoms with Crippen molar-refractivity contribution in [2.75, 3.05) is 13.6 Å². The predicted molar refractivity (Wildman–Crippen MR) is 95.8 cm³/mol. The summed E-state index contributed by atoms with van der Waals surface area (Å²) in [5.41, 5.74) is -0.100. The third-order valence-electron chi connectivity index (χ3n) is 4.58. The second kappa shape index (κ2) is 6.81. The van der Waals surface area contributed by atoms with Crippen LogP contribution in [-0.4, -0.2) is 40.3 Å². The van der Waals surface area contributed by atoms with Crippen molar-refractivity contribution in [1.29, 1.82) is 0 Å². The molecule has 0 unspecified atom stereocenters. The van der Waals surface area contributed by atoms with Gasteiger partial charge >= 0.3 is 7.12 Å². The first kappa shape index (κ1) is 20.1. The maximum Gasteiger partial charge on any atom is 0.491 e. The lowest BCUT2D eigenvalue weighted by molar-refractivity contribution is 0.00578. The van der Waals surface area contributed by atoms with Crippen molar-refractivity contribution in [1.82, 2.24) is 5.32 Å². The minimum absolute atomic E-state index is 0.229. The normalized spacial score (nSPS) is 20.1. The Hall–Kier alpha value is -1.26. The molecule has 1 fully saturated rings. The van der Waals surface area contributed by atoms with Gasteiger partial charge in [-0.15, -0.1) is 0 Å². The smallest absolute Gasteiger partial charge is 0.400 e. The molecule has 9 heteroatoms. The monoisotopic (exact) mass is 370 g/mol. The molecule has 1 saturated heterocycles. The Morgan fingerprint density at radius 2 is 1.84 bits per heavy atom. The number of benzene rings is 1. The molecular weight excluding hydrogens is 346 g/mol. The molecule has 1 aromatic rings. The van der Waals surface area contributed by atoms with E-state index < -0.39 is 34.2 Å². The molecule has 138 valence electrons. The van der Waals surface area contributed by atoms with Crippen molar-refractivity contribution in [3.8, 4) is 0 Å². The van der Waals surface area contributed by atoms with Crippen LogP contribution in [0.1, 0.15) is 33.3 Å². The van der Waals surface area contributed by atoms with E-state index in [0.717, 1.165) is 6.07 Å². The zero-order chi connectivity index (χ0) is 19.0. The zero-order valence-electron chi connectivity index (χ0n) is 15.1. The van der Waals surface area contributed by atoms with Crippen molar-refractivity contribution in [3.63, 3.8) is 0 Å². The van der Waals surface area contributed by atoms with E-state index in [4.69, 9.17) is 14.4 Å². The summed E-state index contributed by atoms with van der Waals surface area (Å²) in [5, 5.41) is 8.03. The number of primary sulfonamides is 1. The van der Waals surface area contributed by atoms with Gasteiger partial charge in [0, 0.05) is 12.1 Å². The van der Waals surface area contributed by atoms with Gasteiger partial charge in [0.05, 0.1) is 16.1 Å². The van der Waals surface area contributed by atoms with Crippen molar-refractivity contribution < 1.29 is 22.1 Å². The third-order valence-corrected chi connectivity index (χ3v) is 5.49. The molecule has 0 bridgehead atoms. The van der Waals surface area contributed by atoms with Crippen LogP contribution in [0.5, 0.6) is 0 Å². The lowest BCUT2D eigenvalue weighted by Gasteiger charge is -2.32. The molecule has 0 spiro atoms. The van der Waals surface area contributed by atoms with Crippen molar-refractivity contribution in [2.45, 2.75) is 43.8 Å². The molecule has 0 saturated carbocycles. The van der Waals surface area contributed by atoms with Crippen LogP contribution in [0.15, 0.2) is 28.6 Å². The van der Waals surface area contributed by atoms with E-state index in [1.807, 2.05) is 27.7 Å². The Labute approximate surface area is 148 Å². The van der Waals surface area contributed by atoms with E-state index in [2.05, 4.69) is 5.32 Å². The summed E-state index contributed by atoms with van der Waals surface area (Å²) < 4.78 is 48.9. The second-order valence-corrected chi connectivity index (χ2v) is 8.63. The largest absolute Gasteiger partial charge is 0.491 e. The van der Waals surface area contributed by atoms with Crippen molar-refractivity contribution >= 4 is 23.2 Å². The first-order valence-electron chi connectivity index (χ1n) is 7.90. The molecule has 2 rings (SSSR count). The van der Waals surface area contributed by atoms with E-state index >= 15 is 0 Å². The lowest BCUT2D eigenvalue weighted by atomic mass is 9.77. The number of nitrogens with one attached hydrogen (secondary N) is 1. The molecule has 0 aromatic heterocycles. The second-order valence-electron chi connectivity index (χ2n) is 7.07. The first-order valence-corrected chi connectivity index (χ1v) is 9.45. The summed E-state index contributed by atoms with van der Waals surface area (Å²) in [6.45, 7) is 8.17. The number of nitrogens with two attached hydrogens (primary N) is 1. The molecule has 1 aliphatic heterocycles. The molecule has 25 heavy (non-hydrogen) atoms. The predicted octanol–water partition coefficient (Wildman–Crippen LogP) is 1.71. The van der Waals surface area contributed by atoms with Gasteiger partial charge in [-0.05, 0) is 52.3 Å². The van der Waals surface area contributed by atoms with Gasteiger partial charge in [0.2, 0.25) is 10.0 Å². The molecule has 1 aliphatic rings. The molecule has 0 amide bonds. The lowest BCUT2D eigenvalue weighted by Crippen LogP contribution is -2.41. The Morgan fingerprint density at radius 1 is 1.28 bits per heavy atom. The fourth-order valence-electron chi connectivity index (χ4n) is 2.40. The highest BCUT2D eigenvalue weighted by molar-refractivity contribution is 7.89. The highest BCUT2D eigenvalue weighted by Gasteiger charge is 2.52. The standard InChI is InChI=1S/C16H24BFN2O4S/c1-15(2)16(3,4)24-17(23-15)12(10-20-5)8-11-6-7-13(9-14(11)18)25(19,21)22/h6-9,20H,10H2,1-5H3,(H2,19,21,22). The average molecular weight is 370 g/mol. The Kier molecular flexibility index (Phi) is 5.46. The van der Waals surface area contributed by atoms with Gasteiger partial charge in [0.25, 0.3) is 0 Å². The number of sulfonamides is 1. The summed E-state index contributed by atoms with van der Waals surface area (Å²) in [7, 11) is -2.82. The third kappa shape index (κ3) is 4.29. The van der Waals surface area contributed by atoms with E-state index in [0.29, 0.717) is 12.0 Å². The van der Waals surface area contributed by atoms with Gasteiger partial charge < -0.3 is 14.6 Å². The highest BCUT2D eigenvalue weighted by Crippen LogP contribution is 2.38. The zero-order valence-corrected chi connectivity index (χ0v) is 15.9. The maximum atomic E-state index is 14.3. The van der Waals surface area contributed by atoms with Crippen LogP contribution >= 0.6 is 0 Å². The van der Waals surface area contributed by atoms with Crippen LogP contribution in [0.25, 0.3) is 6.08 Å². The van der Waals surface area contributed by atoms with Gasteiger partial charge in [-0.1, -0.05) is 12.1 Å².